The molecule has 7 heteroatoms. The Bertz CT molecular complexity index is 1060. The van der Waals surface area contributed by atoms with Crippen molar-refractivity contribution >= 4 is 17.4 Å². The zero-order valence-corrected chi connectivity index (χ0v) is 24.8. The van der Waals surface area contributed by atoms with Gasteiger partial charge in [0, 0.05) is 45.8 Å². The summed E-state index contributed by atoms with van der Waals surface area (Å²) in [6, 6.07) is 13.3. The Morgan fingerprint density at radius 2 is 1.55 bits per heavy atom. The molecule has 2 aromatic rings. The van der Waals surface area contributed by atoms with Gasteiger partial charge in [0.25, 0.3) is 0 Å². The molecule has 0 bridgehead atoms. The van der Waals surface area contributed by atoms with Crippen LogP contribution in [-0.2, 0) is 26.2 Å². The summed E-state index contributed by atoms with van der Waals surface area (Å²) >= 11 is 0. The second-order valence-electron chi connectivity index (χ2n) is 12.9. The van der Waals surface area contributed by atoms with Crippen LogP contribution >= 0.6 is 0 Å². The van der Waals surface area contributed by atoms with Gasteiger partial charge in [0.15, 0.2) is 0 Å². The molecule has 0 spiro atoms. The molecule has 218 valence electrons. The molecule has 3 saturated heterocycles. The van der Waals surface area contributed by atoms with Crippen LogP contribution < -0.4 is 9.80 Å². The lowest BCUT2D eigenvalue weighted by Crippen LogP contribution is -2.41. The van der Waals surface area contributed by atoms with E-state index < -0.39 is 0 Å². The molecule has 7 nitrogen and oxygen atoms in total. The van der Waals surface area contributed by atoms with Gasteiger partial charge in [-0.05, 0) is 79.3 Å². The molecule has 0 N–H and O–H groups in total. The van der Waals surface area contributed by atoms with Crippen LogP contribution in [0.5, 0.6) is 0 Å². The number of morpholine rings is 1. The van der Waals surface area contributed by atoms with Gasteiger partial charge in [0.2, 0.25) is 5.91 Å². The maximum Gasteiger partial charge on any atom is 0.227 e. The van der Waals surface area contributed by atoms with Crippen LogP contribution in [0.3, 0.4) is 0 Å². The highest BCUT2D eigenvalue weighted by molar-refractivity contribution is 5.93. The third-order valence-corrected chi connectivity index (χ3v) is 8.86. The molecule has 0 aliphatic carbocycles. The van der Waals surface area contributed by atoms with Crippen molar-refractivity contribution < 1.29 is 14.3 Å². The summed E-state index contributed by atoms with van der Waals surface area (Å²) in [5.74, 6) is 2.11. The van der Waals surface area contributed by atoms with Crippen molar-refractivity contribution in [1.82, 2.24) is 9.88 Å². The van der Waals surface area contributed by atoms with Crippen molar-refractivity contribution in [1.29, 1.82) is 0 Å². The molecular weight excluding hydrogens is 500 g/mol. The molecular formula is C33H48N4O3. The number of amides is 1. The van der Waals surface area contributed by atoms with Crippen LogP contribution in [0, 0.1) is 11.8 Å². The topological polar surface area (TPSA) is 58.1 Å². The Morgan fingerprint density at radius 3 is 2.17 bits per heavy atom. The van der Waals surface area contributed by atoms with E-state index in [1.165, 1.54) is 11.1 Å². The zero-order chi connectivity index (χ0) is 28.0. The maximum atomic E-state index is 13.7. The number of anilines is 2. The first-order valence-electron chi connectivity index (χ1n) is 15.3. The summed E-state index contributed by atoms with van der Waals surface area (Å²) in [6.07, 6.45) is 6.67. The Morgan fingerprint density at radius 1 is 0.875 bits per heavy atom. The van der Waals surface area contributed by atoms with Gasteiger partial charge in [-0.2, -0.15) is 0 Å². The number of aromatic nitrogens is 1. The van der Waals surface area contributed by atoms with E-state index in [-0.39, 0.29) is 11.3 Å². The minimum absolute atomic E-state index is 0.184. The van der Waals surface area contributed by atoms with Gasteiger partial charge < -0.3 is 19.3 Å². The third-order valence-electron chi connectivity index (χ3n) is 8.86. The highest BCUT2D eigenvalue weighted by Gasteiger charge is 2.28. The van der Waals surface area contributed by atoms with Gasteiger partial charge in [-0.3, -0.25) is 9.69 Å². The van der Waals surface area contributed by atoms with Gasteiger partial charge in [0.05, 0.1) is 25.1 Å². The standard InChI is InChI=1S/C33H48N4O3/c1-33(2,3)29-6-4-27(5-7-29)24-35-14-10-28(11-15-35)25-37(32(38)22-26-12-18-39-19-13-26)30-8-9-31(34-23-30)36-16-20-40-21-17-36/h4-9,23,26,28H,10-22,24-25H2,1-3H3. The lowest BCUT2D eigenvalue weighted by atomic mass is 9.86. The Labute approximate surface area is 240 Å². The monoisotopic (exact) mass is 548 g/mol. The largest absolute Gasteiger partial charge is 0.381 e. The van der Waals surface area contributed by atoms with Crippen LogP contribution in [0.25, 0.3) is 0 Å². The lowest BCUT2D eigenvalue weighted by Gasteiger charge is -2.36. The van der Waals surface area contributed by atoms with Crippen LogP contribution in [0.2, 0.25) is 0 Å². The average molecular weight is 549 g/mol. The van der Waals surface area contributed by atoms with E-state index in [0.717, 1.165) is 103 Å². The summed E-state index contributed by atoms with van der Waals surface area (Å²) in [6.45, 7) is 15.4. The molecule has 1 amide bonds. The van der Waals surface area contributed by atoms with Crippen molar-refractivity contribution in [2.24, 2.45) is 11.8 Å². The van der Waals surface area contributed by atoms with Crippen LogP contribution in [0.15, 0.2) is 42.6 Å². The van der Waals surface area contributed by atoms with E-state index in [4.69, 9.17) is 14.5 Å². The molecule has 1 aromatic carbocycles. The fourth-order valence-corrected chi connectivity index (χ4v) is 6.13. The summed E-state index contributed by atoms with van der Waals surface area (Å²) in [5, 5.41) is 0. The van der Waals surface area contributed by atoms with Crippen molar-refractivity contribution in [2.75, 3.05) is 69.0 Å². The second-order valence-corrected chi connectivity index (χ2v) is 12.9. The molecule has 5 rings (SSSR count). The maximum absolute atomic E-state index is 13.7. The molecule has 4 heterocycles. The first-order chi connectivity index (χ1) is 19.3. The third kappa shape index (κ3) is 7.83. The fourth-order valence-electron chi connectivity index (χ4n) is 6.13. The SMILES string of the molecule is CC(C)(C)c1ccc(CN2CCC(CN(C(=O)CC3CCOCC3)c3ccc(N4CCOCC4)nc3)CC2)cc1. The van der Waals surface area contributed by atoms with E-state index in [1.807, 2.05) is 11.1 Å². The van der Waals surface area contributed by atoms with E-state index in [9.17, 15) is 4.79 Å². The van der Waals surface area contributed by atoms with Gasteiger partial charge in [-0.1, -0.05) is 45.0 Å². The average Bonchev–Trinajstić information content (AvgIpc) is 2.98. The van der Waals surface area contributed by atoms with E-state index >= 15 is 0 Å². The number of ether oxygens (including phenoxy) is 2. The molecule has 0 radical (unpaired) electrons. The number of likely N-dealkylation sites (tertiary alicyclic amines) is 1. The number of hydrogen-bond donors (Lipinski definition) is 0. The van der Waals surface area contributed by atoms with Gasteiger partial charge in [-0.25, -0.2) is 4.98 Å². The van der Waals surface area contributed by atoms with E-state index in [1.54, 1.807) is 0 Å². The summed E-state index contributed by atoms with van der Waals surface area (Å²) in [7, 11) is 0. The predicted molar refractivity (Wildman–Crippen MR) is 161 cm³/mol. The Kier molecular flexibility index (Phi) is 9.76. The normalized spacial score (nSPS) is 20.0. The number of nitrogens with zero attached hydrogens (tertiary/aromatic N) is 4. The number of carbonyl (C=O) groups is 1. The highest BCUT2D eigenvalue weighted by Crippen LogP contribution is 2.28. The lowest BCUT2D eigenvalue weighted by molar-refractivity contribution is -0.120. The minimum Gasteiger partial charge on any atom is -0.381 e. The number of piperidine rings is 1. The van der Waals surface area contributed by atoms with Gasteiger partial charge in [-0.15, -0.1) is 0 Å². The predicted octanol–water partition coefficient (Wildman–Crippen LogP) is 5.28. The molecule has 3 fully saturated rings. The van der Waals surface area contributed by atoms with Crippen molar-refractivity contribution in [3.63, 3.8) is 0 Å². The van der Waals surface area contributed by atoms with E-state index in [2.05, 4.69) is 67.0 Å². The van der Waals surface area contributed by atoms with Crippen LogP contribution in [-0.4, -0.2) is 74.9 Å². The first kappa shape index (κ1) is 29.0. The molecule has 0 saturated carbocycles. The van der Waals surface area contributed by atoms with Crippen LogP contribution in [0.1, 0.15) is 64.0 Å². The quantitative estimate of drug-likeness (QED) is 0.448. The zero-order valence-electron chi connectivity index (χ0n) is 24.8. The number of pyridine rings is 1. The summed E-state index contributed by atoms with van der Waals surface area (Å²) in [5.41, 5.74) is 3.87. The second kappa shape index (κ2) is 13.5. The molecule has 40 heavy (non-hydrogen) atoms. The molecule has 3 aliphatic rings. The number of benzene rings is 1. The number of carbonyl (C=O) groups excluding carboxylic acids is 1. The molecule has 0 atom stereocenters. The molecule has 1 aromatic heterocycles. The van der Waals surface area contributed by atoms with Crippen molar-refractivity contribution in [2.45, 2.75) is 64.8 Å². The number of rotatable bonds is 8. The smallest absolute Gasteiger partial charge is 0.227 e. The van der Waals surface area contributed by atoms with Gasteiger partial charge >= 0.3 is 0 Å². The fraction of sp³-hybridized carbons (Fsp3) is 0.636. The highest BCUT2D eigenvalue weighted by atomic mass is 16.5. The molecule has 3 aliphatic heterocycles. The van der Waals surface area contributed by atoms with Crippen LogP contribution in [0.4, 0.5) is 11.5 Å². The van der Waals surface area contributed by atoms with Crippen molar-refractivity contribution in [3.8, 4) is 0 Å². The Balaban J connectivity index is 1.20. The minimum atomic E-state index is 0.184. The van der Waals surface area contributed by atoms with E-state index in [0.29, 0.717) is 18.3 Å². The Hall–Kier alpha value is -2.48. The molecule has 0 unspecified atom stereocenters. The first-order valence-corrected chi connectivity index (χ1v) is 15.3. The van der Waals surface area contributed by atoms with Gasteiger partial charge in [0.1, 0.15) is 5.82 Å². The summed E-state index contributed by atoms with van der Waals surface area (Å²) in [4.78, 5) is 25.3. The summed E-state index contributed by atoms with van der Waals surface area (Å²) < 4.78 is 11.0. The van der Waals surface area contributed by atoms with Crippen molar-refractivity contribution in [3.05, 3.63) is 53.7 Å². The number of hydrogen-bond acceptors (Lipinski definition) is 6.